The van der Waals surface area contributed by atoms with Crippen molar-refractivity contribution in [1.82, 2.24) is 10.3 Å². The van der Waals surface area contributed by atoms with Crippen LogP contribution in [0.15, 0.2) is 30.5 Å². The van der Waals surface area contributed by atoms with Crippen LogP contribution in [0.3, 0.4) is 0 Å². The lowest BCUT2D eigenvalue weighted by molar-refractivity contribution is -0.137. The minimum absolute atomic E-state index is 0.255. The van der Waals surface area contributed by atoms with Crippen LogP contribution in [0.2, 0.25) is 0 Å². The molecule has 0 saturated heterocycles. The van der Waals surface area contributed by atoms with Gasteiger partial charge in [0.15, 0.2) is 5.01 Å². The number of benzene rings is 1. The molecule has 0 aliphatic rings. The first-order chi connectivity index (χ1) is 9.41. The fourth-order valence-corrected chi connectivity index (χ4v) is 2.78. The van der Waals surface area contributed by atoms with E-state index in [0.717, 1.165) is 11.1 Å². The Labute approximate surface area is 119 Å². The third-order valence-corrected chi connectivity index (χ3v) is 3.98. The Kier molecular flexibility index (Phi) is 4.45. The van der Waals surface area contributed by atoms with Crippen LogP contribution in [0, 0.1) is 6.92 Å². The van der Waals surface area contributed by atoms with Crippen molar-refractivity contribution in [1.29, 1.82) is 0 Å². The maximum absolute atomic E-state index is 12.6. The third-order valence-electron chi connectivity index (χ3n) is 2.87. The van der Waals surface area contributed by atoms with Gasteiger partial charge in [-0.2, -0.15) is 13.2 Å². The van der Waals surface area contributed by atoms with Gasteiger partial charge in [-0.15, -0.1) is 11.3 Å². The molecule has 2 aromatic rings. The predicted molar refractivity (Wildman–Crippen MR) is 73.8 cm³/mol. The highest BCUT2D eigenvalue weighted by atomic mass is 32.1. The van der Waals surface area contributed by atoms with Crippen LogP contribution >= 0.6 is 11.3 Å². The summed E-state index contributed by atoms with van der Waals surface area (Å²) in [5, 5.41) is 2.40. The molecule has 1 aromatic carbocycles. The van der Waals surface area contributed by atoms with Crippen molar-refractivity contribution in [3.8, 4) is 0 Å². The second-order valence-electron chi connectivity index (χ2n) is 4.47. The van der Waals surface area contributed by atoms with Gasteiger partial charge in [0.2, 0.25) is 0 Å². The normalized spacial score (nSPS) is 13.4. The van der Waals surface area contributed by atoms with Crippen LogP contribution in [0.4, 0.5) is 13.2 Å². The molecule has 0 aliphatic heterocycles. The van der Waals surface area contributed by atoms with Gasteiger partial charge in [0.05, 0.1) is 6.04 Å². The molecule has 108 valence electrons. The molecule has 0 radical (unpaired) electrons. The lowest BCUT2D eigenvalue weighted by Crippen LogP contribution is -2.21. The van der Waals surface area contributed by atoms with Gasteiger partial charge in [0, 0.05) is 11.1 Å². The summed E-state index contributed by atoms with van der Waals surface area (Å²) in [6.07, 6.45) is -3.08. The number of aromatic nitrogens is 1. The van der Waals surface area contributed by atoms with Gasteiger partial charge in [-0.1, -0.05) is 36.8 Å². The summed E-state index contributed by atoms with van der Waals surface area (Å²) in [5.41, 5.74) is 2.05. The van der Waals surface area contributed by atoms with Crippen molar-refractivity contribution in [2.24, 2.45) is 0 Å². The zero-order chi connectivity index (χ0) is 14.8. The minimum atomic E-state index is -4.38. The molecule has 20 heavy (non-hydrogen) atoms. The van der Waals surface area contributed by atoms with E-state index < -0.39 is 11.2 Å². The van der Waals surface area contributed by atoms with Gasteiger partial charge < -0.3 is 5.32 Å². The van der Waals surface area contributed by atoms with Crippen molar-refractivity contribution in [2.75, 3.05) is 6.54 Å². The second-order valence-corrected chi connectivity index (χ2v) is 5.53. The smallest absolute Gasteiger partial charge is 0.306 e. The fourth-order valence-electron chi connectivity index (χ4n) is 1.90. The summed E-state index contributed by atoms with van der Waals surface area (Å²) in [4.78, 5) is 4.06. The van der Waals surface area contributed by atoms with Crippen LogP contribution in [-0.2, 0) is 6.18 Å². The van der Waals surface area contributed by atoms with Crippen molar-refractivity contribution in [3.63, 3.8) is 0 Å². The van der Waals surface area contributed by atoms with Gasteiger partial charge in [-0.05, 0) is 19.0 Å². The molecule has 1 unspecified atom stereocenters. The molecular weight excluding hydrogens is 285 g/mol. The molecule has 1 N–H and O–H groups in total. The third kappa shape index (κ3) is 3.37. The summed E-state index contributed by atoms with van der Waals surface area (Å²) in [7, 11) is 0. The van der Waals surface area contributed by atoms with Crippen LogP contribution in [-0.4, -0.2) is 11.5 Å². The highest BCUT2D eigenvalue weighted by Crippen LogP contribution is 2.35. The number of alkyl halides is 3. The van der Waals surface area contributed by atoms with Crippen molar-refractivity contribution in [2.45, 2.75) is 26.1 Å². The standard InChI is InChI=1S/C14H15F3N2S/c1-3-18-12(10-6-4-9(2)5-7-10)11-8-19-13(20-11)14(15,16)17/h4-8,12,18H,3H2,1-2H3. The molecule has 2 rings (SSSR count). The second kappa shape index (κ2) is 5.93. The number of nitrogens with one attached hydrogen (secondary N) is 1. The number of aryl methyl sites for hydroxylation is 1. The van der Waals surface area contributed by atoms with E-state index in [9.17, 15) is 13.2 Å². The van der Waals surface area contributed by atoms with E-state index in [0.29, 0.717) is 22.8 Å². The Morgan fingerprint density at radius 3 is 2.40 bits per heavy atom. The summed E-state index contributed by atoms with van der Waals surface area (Å²) in [5.74, 6) is 0. The average Bonchev–Trinajstić information content (AvgIpc) is 2.86. The Bertz CT molecular complexity index is 561. The number of hydrogen-bond donors (Lipinski definition) is 1. The molecule has 0 saturated carbocycles. The summed E-state index contributed by atoms with van der Waals surface area (Å²) < 4.78 is 37.9. The summed E-state index contributed by atoms with van der Waals surface area (Å²) >= 11 is 0.688. The van der Waals surface area contributed by atoms with Crippen molar-refractivity contribution < 1.29 is 13.2 Å². The minimum Gasteiger partial charge on any atom is -0.306 e. The van der Waals surface area contributed by atoms with Gasteiger partial charge in [-0.3, -0.25) is 0 Å². The van der Waals surface area contributed by atoms with Gasteiger partial charge in [0.25, 0.3) is 0 Å². The quantitative estimate of drug-likeness (QED) is 0.916. The topological polar surface area (TPSA) is 24.9 Å². The maximum atomic E-state index is 12.6. The lowest BCUT2D eigenvalue weighted by atomic mass is 10.0. The summed E-state index contributed by atoms with van der Waals surface area (Å²) in [6.45, 7) is 4.56. The van der Waals surface area contributed by atoms with E-state index in [-0.39, 0.29) is 6.04 Å². The summed E-state index contributed by atoms with van der Waals surface area (Å²) in [6, 6.07) is 7.50. The molecule has 0 fully saturated rings. The molecule has 1 heterocycles. The number of hydrogen-bond acceptors (Lipinski definition) is 3. The molecule has 0 spiro atoms. The highest BCUT2D eigenvalue weighted by molar-refractivity contribution is 7.11. The molecule has 0 aliphatic carbocycles. The zero-order valence-electron chi connectivity index (χ0n) is 11.2. The molecular formula is C14H15F3N2S. The first-order valence-corrected chi connectivity index (χ1v) is 7.06. The van der Waals surface area contributed by atoms with Gasteiger partial charge in [-0.25, -0.2) is 4.98 Å². The molecule has 0 amide bonds. The number of rotatable bonds is 4. The lowest BCUT2D eigenvalue weighted by Gasteiger charge is -2.16. The van der Waals surface area contributed by atoms with Crippen LogP contribution in [0.1, 0.15) is 34.0 Å². The van der Waals surface area contributed by atoms with E-state index in [1.165, 1.54) is 6.20 Å². The SMILES string of the molecule is CCNC(c1ccc(C)cc1)c1cnc(C(F)(F)F)s1. The van der Waals surface area contributed by atoms with Crippen LogP contribution in [0.5, 0.6) is 0 Å². The van der Waals surface area contributed by atoms with E-state index in [1.807, 2.05) is 38.1 Å². The predicted octanol–water partition coefficient (Wildman–Crippen LogP) is 4.17. The molecule has 2 nitrogen and oxygen atoms in total. The Hall–Kier alpha value is -1.40. The van der Waals surface area contributed by atoms with Crippen molar-refractivity contribution in [3.05, 3.63) is 51.5 Å². The zero-order valence-corrected chi connectivity index (χ0v) is 12.0. The molecule has 1 aromatic heterocycles. The Morgan fingerprint density at radius 2 is 1.90 bits per heavy atom. The highest BCUT2D eigenvalue weighted by Gasteiger charge is 2.35. The van der Waals surface area contributed by atoms with Crippen molar-refractivity contribution >= 4 is 11.3 Å². The van der Waals surface area contributed by atoms with E-state index in [2.05, 4.69) is 10.3 Å². The van der Waals surface area contributed by atoms with Gasteiger partial charge in [0.1, 0.15) is 0 Å². The average molecular weight is 300 g/mol. The van der Waals surface area contributed by atoms with Crippen LogP contribution < -0.4 is 5.32 Å². The molecule has 0 bridgehead atoms. The monoisotopic (exact) mass is 300 g/mol. The van der Waals surface area contributed by atoms with E-state index in [1.54, 1.807) is 0 Å². The number of thiazole rings is 1. The fraction of sp³-hybridized carbons (Fsp3) is 0.357. The Morgan fingerprint density at radius 1 is 1.25 bits per heavy atom. The number of nitrogens with zero attached hydrogens (tertiary/aromatic N) is 1. The first-order valence-electron chi connectivity index (χ1n) is 6.24. The van der Waals surface area contributed by atoms with Gasteiger partial charge >= 0.3 is 6.18 Å². The Balaban J connectivity index is 2.33. The molecule has 6 heteroatoms. The maximum Gasteiger partial charge on any atom is 0.443 e. The van der Waals surface area contributed by atoms with Crippen LogP contribution in [0.25, 0.3) is 0 Å². The van der Waals surface area contributed by atoms with E-state index >= 15 is 0 Å². The molecule has 1 atom stereocenters. The van der Waals surface area contributed by atoms with E-state index in [4.69, 9.17) is 0 Å². The number of halogens is 3. The first kappa shape index (κ1) is 15.0. The largest absolute Gasteiger partial charge is 0.443 e.